The maximum absolute atomic E-state index is 12.0. The average molecular weight is 346 g/mol. The van der Waals surface area contributed by atoms with Gasteiger partial charge in [0.15, 0.2) is 8.32 Å². The molecule has 1 aromatic carbocycles. The van der Waals surface area contributed by atoms with Crippen LogP contribution >= 0.6 is 0 Å². The molecule has 0 saturated carbocycles. The number of carbonyl (C=O) groups excluding carboxylic acids is 1. The Bertz CT molecular complexity index is 696. The van der Waals surface area contributed by atoms with Crippen LogP contribution in [0.25, 0.3) is 11.1 Å². The summed E-state index contributed by atoms with van der Waals surface area (Å²) in [6, 6.07) is 9.71. The van der Waals surface area contributed by atoms with Crippen LogP contribution in [0.15, 0.2) is 41.0 Å². The van der Waals surface area contributed by atoms with Crippen LogP contribution in [0, 0.1) is 0 Å². The highest BCUT2D eigenvalue weighted by molar-refractivity contribution is 6.74. The third kappa shape index (κ3) is 3.79. The van der Waals surface area contributed by atoms with Gasteiger partial charge >= 0.3 is 5.97 Å². The Hall–Kier alpha value is -1.85. The Morgan fingerprint density at radius 1 is 1.17 bits per heavy atom. The molecule has 0 spiro atoms. The maximum atomic E-state index is 12.0. The summed E-state index contributed by atoms with van der Waals surface area (Å²) in [6.45, 7) is 11.4. The van der Waals surface area contributed by atoms with Gasteiger partial charge in [-0.15, -0.1) is 0 Å². The monoisotopic (exact) mass is 346 g/mol. The number of hydrogen-bond donors (Lipinski definition) is 0. The molecule has 24 heavy (non-hydrogen) atoms. The van der Waals surface area contributed by atoms with Crippen molar-refractivity contribution in [1.29, 1.82) is 0 Å². The standard InChI is InChI=1S/C19H26O4Si/c1-19(2,3)24(5,6)23-13-15-12-22-17(18(20)21-4)16(15)14-10-8-7-9-11-14/h7-12H,13H2,1-6H3. The average Bonchev–Trinajstić information content (AvgIpc) is 2.96. The summed E-state index contributed by atoms with van der Waals surface area (Å²) in [6.07, 6.45) is 1.60. The minimum atomic E-state index is -1.90. The Labute approximate surface area is 144 Å². The van der Waals surface area contributed by atoms with Crippen molar-refractivity contribution in [3.63, 3.8) is 0 Å². The quantitative estimate of drug-likeness (QED) is 0.547. The van der Waals surface area contributed by atoms with Gasteiger partial charge in [-0.25, -0.2) is 4.79 Å². The van der Waals surface area contributed by atoms with E-state index < -0.39 is 14.3 Å². The number of carbonyl (C=O) groups is 1. The van der Waals surface area contributed by atoms with Crippen molar-refractivity contribution in [3.05, 3.63) is 47.9 Å². The largest absolute Gasteiger partial charge is 0.463 e. The zero-order valence-electron chi connectivity index (χ0n) is 15.3. The van der Waals surface area contributed by atoms with E-state index in [1.807, 2.05) is 30.3 Å². The molecular weight excluding hydrogens is 320 g/mol. The first kappa shape index (κ1) is 18.5. The number of furan rings is 1. The van der Waals surface area contributed by atoms with Crippen LogP contribution in [0.2, 0.25) is 18.1 Å². The third-order valence-electron chi connectivity index (χ3n) is 4.70. The number of hydrogen-bond acceptors (Lipinski definition) is 4. The fourth-order valence-electron chi connectivity index (χ4n) is 2.14. The van der Waals surface area contributed by atoms with Crippen LogP contribution in [0.5, 0.6) is 0 Å². The van der Waals surface area contributed by atoms with Crippen LogP contribution in [0.4, 0.5) is 0 Å². The fourth-order valence-corrected chi connectivity index (χ4v) is 3.09. The van der Waals surface area contributed by atoms with Crippen molar-refractivity contribution in [2.24, 2.45) is 0 Å². The van der Waals surface area contributed by atoms with Gasteiger partial charge in [0.05, 0.1) is 20.0 Å². The topological polar surface area (TPSA) is 48.7 Å². The van der Waals surface area contributed by atoms with E-state index >= 15 is 0 Å². The predicted molar refractivity (Wildman–Crippen MR) is 97.5 cm³/mol. The zero-order valence-corrected chi connectivity index (χ0v) is 16.3. The molecule has 0 aliphatic rings. The van der Waals surface area contributed by atoms with Gasteiger partial charge < -0.3 is 13.6 Å². The molecule has 0 amide bonds. The molecule has 0 fully saturated rings. The highest BCUT2D eigenvalue weighted by Gasteiger charge is 2.37. The second-order valence-electron chi connectivity index (χ2n) is 7.37. The van der Waals surface area contributed by atoms with Crippen LogP contribution in [-0.2, 0) is 15.8 Å². The van der Waals surface area contributed by atoms with Gasteiger partial charge in [-0.2, -0.15) is 0 Å². The van der Waals surface area contributed by atoms with Crippen LogP contribution in [-0.4, -0.2) is 21.4 Å². The number of rotatable bonds is 5. The summed E-state index contributed by atoms with van der Waals surface area (Å²) in [5.74, 6) is -0.259. The van der Waals surface area contributed by atoms with E-state index in [0.29, 0.717) is 6.61 Å². The Kier molecular flexibility index (Phi) is 5.35. The van der Waals surface area contributed by atoms with Crippen molar-refractivity contribution < 1.29 is 18.4 Å². The lowest BCUT2D eigenvalue weighted by molar-refractivity contribution is 0.0566. The molecule has 0 radical (unpaired) electrons. The van der Waals surface area contributed by atoms with Crippen LogP contribution < -0.4 is 0 Å². The van der Waals surface area contributed by atoms with E-state index in [2.05, 4.69) is 33.9 Å². The second kappa shape index (κ2) is 6.95. The summed E-state index contributed by atoms with van der Waals surface area (Å²) in [7, 11) is -0.543. The fraction of sp³-hybridized carbons (Fsp3) is 0.421. The van der Waals surface area contributed by atoms with Crippen LogP contribution in [0.3, 0.4) is 0 Å². The van der Waals surface area contributed by atoms with Crippen molar-refractivity contribution in [2.45, 2.75) is 45.5 Å². The van der Waals surface area contributed by atoms with E-state index in [9.17, 15) is 4.79 Å². The minimum absolute atomic E-state index is 0.120. The molecule has 0 bridgehead atoms. The molecule has 0 aliphatic carbocycles. The first-order chi connectivity index (χ1) is 11.2. The lowest BCUT2D eigenvalue weighted by atomic mass is 10.0. The lowest BCUT2D eigenvalue weighted by Gasteiger charge is -2.36. The third-order valence-corrected chi connectivity index (χ3v) is 9.17. The van der Waals surface area contributed by atoms with Gasteiger partial charge in [0, 0.05) is 11.1 Å². The summed E-state index contributed by atoms with van der Waals surface area (Å²) in [4.78, 5) is 12.0. The van der Waals surface area contributed by atoms with E-state index in [1.54, 1.807) is 6.26 Å². The summed E-state index contributed by atoms with van der Waals surface area (Å²) in [5, 5.41) is 0.120. The van der Waals surface area contributed by atoms with E-state index in [-0.39, 0.29) is 10.8 Å². The SMILES string of the molecule is COC(=O)c1occ(CO[Si](C)(C)C(C)(C)C)c1-c1ccccc1. The van der Waals surface area contributed by atoms with E-state index in [0.717, 1.165) is 16.7 Å². The molecule has 0 atom stereocenters. The van der Waals surface area contributed by atoms with Gasteiger partial charge in [0.25, 0.3) is 0 Å². The van der Waals surface area contributed by atoms with E-state index in [1.165, 1.54) is 7.11 Å². The molecule has 0 aliphatic heterocycles. The lowest BCUT2D eigenvalue weighted by Crippen LogP contribution is -2.40. The van der Waals surface area contributed by atoms with E-state index in [4.69, 9.17) is 13.6 Å². The zero-order chi connectivity index (χ0) is 18.0. The van der Waals surface area contributed by atoms with Gasteiger partial charge in [0.2, 0.25) is 5.76 Å². The molecule has 130 valence electrons. The molecule has 1 aromatic heterocycles. The van der Waals surface area contributed by atoms with Gasteiger partial charge in [-0.3, -0.25) is 0 Å². The predicted octanol–water partition coefficient (Wildman–Crippen LogP) is 5.26. The maximum Gasteiger partial charge on any atom is 0.374 e. The molecule has 1 heterocycles. The molecule has 0 unspecified atom stereocenters. The number of ether oxygens (including phenoxy) is 1. The highest BCUT2D eigenvalue weighted by Crippen LogP contribution is 2.38. The van der Waals surface area contributed by atoms with Gasteiger partial charge in [-0.05, 0) is 23.7 Å². The van der Waals surface area contributed by atoms with Crippen molar-refractivity contribution in [1.82, 2.24) is 0 Å². The van der Waals surface area contributed by atoms with Crippen molar-refractivity contribution in [2.75, 3.05) is 7.11 Å². The van der Waals surface area contributed by atoms with Crippen molar-refractivity contribution >= 4 is 14.3 Å². The molecule has 0 saturated heterocycles. The first-order valence-electron chi connectivity index (χ1n) is 8.05. The van der Waals surface area contributed by atoms with Crippen molar-refractivity contribution in [3.8, 4) is 11.1 Å². The summed E-state index contributed by atoms with van der Waals surface area (Å²) >= 11 is 0. The van der Waals surface area contributed by atoms with Gasteiger partial charge in [-0.1, -0.05) is 51.1 Å². The highest BCUT2D eigenvalue weighted by atomic mass is 28.4. The summed E-state index contributed by atoms with van der Waals surface area (Å²) in [5.41, 5.74) is 2.54. The second-order valence-corrected chi connectivity index (χ2v) is 12.2. The number of benzene rings is 1. The Morgan fingerprint density at radius 2 is 1.79 bits per heavy atom. The molecular formula is C19H26O4Si. The normalized spacial score (nSPS) is 12.2. The molecule has 0 N–H and O–H groups in total. The smallest absolute Gasteiger partial charge is 0.374 e. The number of methoxy groups -OCH3 is 1. The minimum Gasteiger partial charge on any atom is -0.463 e. The molecule has 4 nitrogen and oxygen atoms in total. The van der Waals surface area contributed by atoms with Gasteiger partial charge in [0.1, 0.15) is 0 Å². The molecule has 2 aromatic rings. The van der Waals surface area contributed by atoms with Crippen LogP contribution in [0.1, 0.15) is 36.9 Å². The molecule has 5 heteroatoms. The number of esters is 1. The Balaban J connectivity index is 2.38. The Morgan fingerprint density at radius 3 is 2.33 bits per heavy atom. The first-order valence-corrected chi connectivity index (χ1v) is 11.0. The molecule has 2 rings (SSSR count). The summed E-state index contributed by atoms with van der Waals surface area (Å²) < 4.78 is 16.7.